The summed E-state index contributed by atoms with van der Waals surface area (Å²) in [7, 11) is 0. The Labute approximate surface area is 214 Å². The first kappa shape index (κ1) is 24.8. The van der Waals surface area contributed by atoms with Gasteiger partial charge in [-0.25, -0.2) is 0 Å². The Morgan fingerprint density at radius 2 is 1.38 bits per heavy atom. The monoisotopic (exact) mass is 493 g/mol. The molecule has 159 valence electrons. The first-order valence-electron chi connectivity index (χ1n) is 10.3. The van der Waals surface area contributed by atoms with E-state index in [1.807, 2.05) is 20.8 Å². The molecule has 1 aliphatic rings. The summed E-state index contributed by atoms with van der Waals surface area (Å²) in [6.45, 7) is 4.34. The standard InChI is InChI=1S/C28H23O.2ClH.Ti/c1-28(2,29)27-23-15-9-6-12-20(23)16-17-24(27)26-22-14-8-7-13-21(22)18-25(26)19-10-4-3-5-11-19;;;/h3-18,26H,1-2H3;2*1H;/q-1;;;+3/p-2. The van der Waals surface area contributed by atoms with Gasteiger partial charge in [0.15, 0.2) is 0 Å². The Morgan fingerprint density at radius 1 is 0.719 bits per heavy atom. The zero-order valence-electron chi connectivity index (χ0n) is 18.0. The molecule has 32 heavy (non-hydrogen) atoms. The summed E-state index contributed by atoms with van der Waals surface area (Å²) in [5.74, 6) is 0.178. The largest absolute Gasteiger partial charge is 1.00 e. The molecule has 1 atom stereocenters. The molecule has 4 aromatic rings. The van der Waals surface area contributed by atoms with Crippen molar-refractivity contribution in [2.24, 2.45) is 0 Å². The van der Waals surface area contributed by atoms with Gasteiger partial charge in [-0.15, -0.1) is 0 Å². The van der Waals surface area contributed by atoms with Gasteiger partial charge in [0.1, 0.15) is 0 Å². The van der Waals surface area contributed by atoms with Gasteiger partial charge in [-0.3, -0.25) is 0 Å². The van der Waals surface area contributed by atoms with E-state index in [2.05, 4.69) is 111 Å². The summed E-state index contributed by atoms with van der Waals surface area (Å²) in [5.41, 5.74) is 7.46. The van der Waals surface area contributed by atoms with Crippen LogP contribution in [0.2, 0.25) is 0 Å². The number of fused-ring (bicyclic) bond motifs is 2. The van der Waals surface area contributed by atoms with E-state index in [1.165, 1.54) is 44.2 Å². The van der Waals surface area contributed by atoms with Crippen molar-refractivity contribution in [1.29, 1.82) is 0 Å². The van der Waals surface area contributed by atoms with Crippen LogP contribution in [-0.2, 0) is 29.7 Å². The third-order valence-corrected chi connectivity index (χ3v) is 6.96. The zero-order valence-corrected chi connectivity index (χ0v) is 21.1. The van der Waals surface area contributed by atoms with Crippen molar-refractivity contribution in [2.45, 2.75) is 25.4 Å². The summed E-state index contributed by atoms with van der Waals surface area (Å²) in [6.07, 6.45) is 2.36. The molecule has 1 unspecified atom stereocenters. The molecule has 0 saturated carbocycles. The normalized spacial score (nSPS) is 14.9. The fraction of sp³-hybridized carbons (Fsp3) is 0.143. The first-order valence-corrected chi connectivity index (χ1v) is 11.0. The average Bonchev–Trinajstić information content (AvgIpc) is 3.18. The third-order valence-electron chi connectivity index (χ3n) is 6.17. The van der Waals surface area contributed by atoms with Crippen LogP contribution in [0.3, 0.4) is 0 Å². The maximum absolute atomic E-state index is 6.04. The zero-order chi connectivity index (χ0) is 20.7. The van der Waals surface area contributed by atoms with E-state index in [0.717, 1.165) is 0 Å². The van der Waals surface area contributed by atoms with Gasteiger partial charge >= 0.3 is 191 Å². The van der Waals surface area contributed by atoms with Gasteiger partial charge < -0.3 is 24.8 Å². The van der Waals surface area contributed by atoms with Crippen molar-refractivity contribution < 1.29 is 49.0 Å². The van der Waals surface area contributed by atoms with Crippen LogP contribution in [0.5, 0.6) is 0 Å². The molecule has 1 aliphatic carbocycles. The first-order chi connectivity index (χ1) is 14.6. The molecule has 0 amide bonds. The fourth-order valence-corrected chi connectivity index (χ4v) is 4.95. The summed E-state index contributed by atoms with van der Waals surface area (Å²) < 4.78 is 6.04. The molecule has 4 heteroatoms. The van der Waals surface area contributed by atoms with Crippen molar-refractivity contribution in [1.82, 2.24) is 0 Å². The van der Waals surface area contributed by atoms with Gasteiger partial charge in [0.2, 0.25) is 0 Å². The van der Waals surface area contributed by atoms with Gasteiger partial charge in [0.05, 0.1) is 0 Å². The van der Waals surface area contributed by atoms with Gasteiger partial charge in [-0.1, -0.05) is 0 Å². The van der Waals surface area contributed by atoms with Crippen molar-refractivity contribution in [3.05, 3.63) is 119 Å². The number of allylic oxidation sites excluding steroid dienone is 1. The summed E-state index contributed by atoms with van der Waals surface area (Å²) >= 11 is 1.81. The number of halogens is 2. The Bertz CT molecular complexity index is 1260. The van der Waals surface area contributed by atoms with E-state index >= 15 is 0 Å². The van der Waals surface area contributed by atoms with E-state index in [1.54, 1.807) is 0 Å². The van der Waals surface area contributed by atoms with E-state index in [0.29, 0.717) is 0 Å². The van der Waals surface area contributed by atoms with E-state index in [-0.39, 0.29) is 30.7 Å². The number of benzene rings is 4. The van der Waals surface area contributed by atoms with Gasteiger partial charge in [-0.05, 0) is 0 Å². The summed E-state index contributed by atoms with van der Waals surface area (Å²) in [4.78, 5) is 0. The summed E-state index contributed by atoms with van der Waals surface area (Å²) in [6, 6.07) is 32.7. The van der Waals surface area contributed by atoms with Crippen LogP contribution in [0.25, 0.3) is 22.4 Å². The van der Waals surface area contributed by atoms with E-state index in [4.69, 9.17) is 3.32 Å². The van der Waals surface area contributed by atoms with Gasteiger partial charge in [-0.2, -0.15) is 0 Å². The minimum atomic E-state index is -0.407. The van der Waals surface area contributed by atoms with Crippen molar-refractivity contribution in [3.63, 3.8) is 0 Å². The minimum absolute atomic E-state index is 0. The number of hydrogen-bond acceptors (Lipinski definition) is 1. The van der Waals surface area contributed by atoms with Crippen molar-refractivity contribution in [3.8, 4) is 0 Å². The van der Waals surface area contributed by atoms with Crippen LogP contribution in [-0.4, -0.2) is 0 Å². The smallest absolute Gasteiger partial charge is 1.00 e. The number of rotatable bonds is 4. The van der Waals surface area contributed by atoms with E-state index in [9.17, 15) is 0 Å². The van der Waals surface area contributed by atoms with Crippen LogP contribution in [0, 0.1) is 0 Å². The maximum Gasteiger partial charge on any atom is -1.00 e. The predicted octanol–water partition coefficient (Wildman–Crippen LogP) is 1.25. The second kappa shape index (κ2) is 9.95. The molecule has 5 rings (SSSR count). The Balaban J connectivity index is 0.00000144. The van der Waals surface area contributed by atoms with Crippen LogP contribution in [0.15, 0.2) is 91.0 Å². The molecule has 0 aliphatic heterocycles. The molecule has 0 heterocycles. The molecule has 0 N–H and O–H groups in total. The predicted molar refractivity (Wildman–Crippen MR) is 121 cm³/mol. The van der Waals surface area contributed by atoms with Crippen LogP contribution < -0.4 is 24.8 Å². The van der Waals surface area contributed by atoms with Crippen LogP contribution in [0.1, 0.15) is 47.6 Å². The summed E-state index contributed by atoms with van der Waals surface area (Å²) in [5, 5.41) is 2.51. The van der Waals surface area contributed by atoms with Gasteiger partial charge in [0.25, 0.3) is 0 Å². The molecule has 0 bridgehead atoms. The molecule has 0 spiro atoms. The fourth-order valence-electron chi connectivity index (χ4n) is 4.79. The molecule has 0 saturated heterocycles. The second-order valence-corrected chi connectivity index (χ2v) is 8.71. The molecular formula is C28H23Cl2OTi. The molecule has 0 radical (unpaired) electrons. The second-order valence-electron chi connectivity index (χ2n) is 8.39. The van der Waals surface area contributed by atoms with E-state index < -0.39 is 5.60 Å². The van der Waals surface area contributed by atoms with Crippen molar-refractivity contribution >= 4 is 22.4 Å². The molecule has 0 aromatic heterocycles. The third kappa shape index (κ3) is 4.21. The topological polar surface area (TPSA) is 9.23 Å². The van der Waals surface area contributed by atoms with Crippen LogP contribution >= 0.6 is 0 Å². The van der Waals surface area contributed by atoms with Crippen molar-refractivity contribution in [2.75, 3.05) is 0 Å². The Hall–Kier alpha value is -1.87. The Morgan fingerprint density at radius 3 is 2.12 bits per heavy atom. The Kier molecular flexibility index (Phi) is 7.70. The molecule has 1 nitrogen and oxygen atoms in total. The minimum Gasteiger partial charge on any atom is -1.00 e. The molecule has 0 fully saturated rings. The van der Waals surface area contributed by atoms with Gasteiger partial charge in [0, 0.05) is 0 Å². The molecule has 4 aromatic carbocycles. The number of hydrogen-bond donors (Lipinski definition) is 0. The average molecular weight is 494 g/mol. The maximum atomic E-state index is 6.04. The molecular weight excluding hydrogens is 471 g/mol. The van der Waals surface area contributed by atoms with Crippen LogP contribution in [0.4, 0.5) is 0 Å². The SMILES string of the molecule is CC(C)([O][Ti+2])c1c(C2C(c3ccccc3)=Cc3ccccc32)ccc2ccccc12.[Cl-].[Cl-]. The quantitative estimate of drug-likeness (QED) is 0.389.